The van der Waals surface area contributed by atoms with Crippen molar-refractivity contribution in [3.05, 3.63) is 82.9 Å². The van der Waals surface area contributed by atoms with Crippen molar-refractivity contribution in [3.8, 4) is 11.9 Å². The summed E-state index contributed by atoms with van der Waals surface area (Å²) in [4.78, 5) is 26.1. The first kappa shape index (κ1) is 28.3. The molecule has 0 radical (unpaired) electrons. The summed E-state index contributed by atoms with van der Waals surface area (Å²) in [6.07, 6.45) is 2.15. The minimum atomic E-state index is -0.943. The fourth-order valence-corrected chi connectivity index (χ4v) is 6.77. The van der Waals surface area contributed by atoms with Crippen LogP contribution in [0.5, 0.6) is 5.88 Å². The highest BCUT2D eigenvalue weighted by Crippen LogP contribution is 2.35. The van der Waals surface area contributed by atoms with E-state index in [-0.39, 0.29) is 23.8 Å². The van der Waals surface area contributed by atoms with Gasteiger partial charge in [-0.25, -0.2) is 14.2 Å². The second kappa shape index (κ2) is 11.9. The summed E-state index contributed by atoms with van der Waals surface area (Å²) >= 11 is 0. The van der Waals surface area contributed by atoms with Crippen LogP contribution in [0.4, 0.5) is 10.2 Å². The van der Waals surface area contributed by atoms with E-state index < -0.39 is 11.8 Å². The summed E-state index contributed by atoms with van der Waals surface area (Å²) in [5, 5.41) is 18.5. The van der Waals surface area contributed by atoms with E-state index in [2.05, 4.69) is 14.4 Å². The molecule has 3 fully saturated rings. The van der Waals surface area contributed by atoms with Crippen LogP contribution in [0.2, 0.25) is 0 Å². The van der Waals surface area contributed by atoms with Crippen LogP contribution >= 0.6 is 0 Å². The molecule has 0 spiro atoms. The Labute approximate surface area is 254 Å². The van der Waals surface area contributed by atoms with E-state index in [1.165, 1.54) is 6.07 Å². The molecular weight excluding hydrogens is 563 g/mol. The van der Waals surface area contributed by atoms with Gasteiger partial charge in [-0.3, -0.25) is 4.90 Å². The largest absolute Gasteiger partial charge is 0.478 e. The van der Waals surface area contributed by atoms with Crippen LogP contribution in [-0.2, 0) is 24.4 Å². The first-order valence-electron chi connectivity index (χ1n) is 15.0. The standard InChI is InChI=1S/C33H33FN6O4/c34-27-11-21(13-35)6-7-23(27)20-44-32-5-1-4-30(37-32)39-16-24-14-38(15-25(24)17-39)19-31-36-28-9-8-22(33(41)42)12-29(28)40(31)18-26-3-2-10-43-26/h1,4-9,11-12,24-26H,2-3,10,14-20H2,(H,41,42)/t24?,25?,26-/m0/s1. The molecule has 11 heteroatoms. The fraction of sp³-hybridized carbons (Fsp3) is 0.394. The molecule has 10 nitrogen and oxygen atoms in total. The number of halogens is 1. The molecule has 2 unspecified atom stereocenters. The van der Waals surface area contributed by atoms with E-state index >= 15 is 0 Å². The van der Waals surface area contributed by atoms with Crippen LogP contribution in [-0.4, -0.2) is 69.4 Å². The second-order valence-electron chi connectivity index (χ2n) is 11.9. The van der Waals surface area contributed by atoms with Crippen molar-refractivity contribution in [1.82, 2.24) is 19.4 Å². The Morgan fingerprint density at radius 2 is 1.93 bits per heavy atom. The molecule has 0 aliphatic carbocycles. The van der Waals surface area contributed by atoms with Gasteiger partial charge in [0.15, 0.2) is 0 Å². The molecule has 0 amide bonds. The maximum atomic E-state index is 14.3. The molecule has 226 valence electrons. The molecule has 5 heterocycles. The smallest absolute Gasteiger partial charge is 0.335 e. The van der Waals surface area contributed by atoms with E-state index in [0.29, 0.717) is 36.4 Å². The highest BCUT2D eigenvalue weighted by atomic mass is 19.1. The Bertz CT molecular complexity index is 1730. The van der Waals surface area contributed by atoms with Crippen molar-refractivity contribution in [2.45, 2.75) is 38.6 Å². The van der Waals surface area contributed by atoms with Gasteiger partial charge >= 0.3 is 5.97 Å². The molecular formula is C33H33FN6O4. The van der Waals surface area contributed by atoms with Crippen LogP contribution in [0.15, 0.2) is 54.6 Å². The minimum absolute atomic E-state index is 0.0312. The monoisotopic (exact) mass is 596 g/mol. The number of fused-ring (bicyclic) bond motifs is 2. The third-order valence-corrected chi connectivity index (χ3v) is 9.00. The zero-order chi connectivity index (χ0) is 30.2. The number of aromatic carboxylic acids is 1. The van der Waals surface area contributed by atoms with Gasteiger partial charge in [0.05, 0.1) is 47.4 Å². The lowest BCUT2D eigenvalue weighted by Crippen LogP contribution is -2.30. The number of ether oxygens (including phenoxy) is 2. The molecule has 3 aliphatic heterocycles. The average molecular weight is 597 g/mol. The van der Waals surface area contributed by atoms with E-state index in [9.17, 15) is 14.3 Å². The van der Waals surface area contributed by atoms with E-state index in [4.69, 9.17) is 24.7 Å². The highest BCUT2D eigenvalue weighted by Gasteiger charge is 2.41. The zero-order valence-corrected chi connectivity index (χ0v) is 24.2. The van der Waals surface area contributed by atoms with Gasteiger partial charge in [-0.15, -0.1) is 0 Å². The molecule has 7 rings (SSSR count). The summed E-state index contributed by atoms with van der Waals surface area (Å²) in [6.45, 7) is 5.82. The molecule has 1 N–H and O–H groups in total. The molecule has 0 saturated carbocycles. The number of rotatable bonds is 9. The van der Waals surface area contributed by atoms with Gasteiger partial charge in [0.2, 0.25) is 5.88 Å². The predicted molar refractivity (Wildman–Crippen MR) is 160 cm³/mol. The number of hydrogen-bond acceptors (Lipinski definition) is 8. The summed E-state index contributed by atoms with van der Waals surface area (Å²) in [5.41, 5.74) is 2.56. The number of carboxylic acid groups (broad SMARTS) is 1. The number of hydrogen-bond donors (Lipinski definition) is 1. The number of nitriles is 1. The van der Waals surface area contributed by atoms with Crippen molar-refractivity contribution in [1.29, 1.82) is 5.26 Å². The van der Waals surface area contributed by atoms with Gasteiger partial charge in [0.1, 0.15) is 24.1 Å². The van der Waals surface area contributed by atoms with Gasteiger partial charge in [0.25, 0.3) is 0 Å². The Hall–Kier alpha value is -4.53. The molecule has 44 heavy (non-hydrogen) atoms. The predicted octanol–water partition coefficient (Wildman–Crippen LogP) is 4.47. The summed E-state index contributed by atoms with van der Waals surface area (Å²) in [7, 11) is 0. The number of likely N-dealkylation sites (tertiary alicyclic amines) is 1. The lowest BCUT2D eigenvalue weighted by molar-refractivity contribution is 0.0697. The molecule has 3 saturated heterocycles. The van der Waals surface area contributed by atoms with Crippen molar-refractivity contribution in [2.75, 3.05) is 37.7 Å². The topological polar surface area (TPSA) is 117 Å². The second-order valence-corrected chi connectivity index (χ2v) is 11.9. The van der Waals surface area contributed by atoms with Gasteiger partial charge < -0.3 is 24.0 Å². The first-order chi connectivity index (χ1) is 21.4. The fourth-order valence-electron chi connectivity index (χ4n) is 6.77. The molecule has 3 atom stereocenters. The third-order valence-electron chi connectivity index (χ3n) is 9.00. The van der Waals surface area contributed by atoms with Crippen LogP contribution in [0.3, 0.4) is 0 Å². The number of carbonyl (C=O) groups is 1. The van der Waals surface area contributed by atoms with Gasteiger partial charge in [-0.2, -0.15) is 10.2 Å². The summed E-state index contributed by atoms with van der Waals surface area (Å²) in [6, 6.07) is 17.1. The first-order valence-corrected chi connectivity index (χ1v) is 15.0. The molecule has 2 aromatic carbocycles. The number of anilines is 1. The summed E-state index contributed by atoms with van der Waals surface area (Å²) < 4.78 is 28.2. The van der Waals surface area contributed by atoms with Crippen LogP contribution in [0, 0.1) is 29.0 Å². The van der Waals surface area contributed by atoms with Gasteiger partial charge in [-0.05, 0) is 61.1 Å². The highest BCUT2D eigenvalue weighted by molar-refractivity contribution is 5.92. The number of aromatic nitrogens is 3. The zero-order valence-electron chi connectivity index (χ0n) is 24.2. The van der Waals surface area contributed by atoms with Gasteiger partial charge in [0, 0.05) is 44.4 Å². The quantitative estimate of drug-likeness (QED) is 0.299. The Kier molecular flexibility index (Phi) is 7.62. The van der Waals surface area contributed by atoms with E-state index in [1.807, 2.05) is 18.2 Å². The van der Waals surface area contributed by atoms with Crippen LogP contribution < -0.4 is 9.64 Å². The number of benzene rings is 2. The average Bonchev–Trinajstić information content (AvgIpc) is 3.82. The van der Waals surface area contributed by atoms with Crippen molar-refractivity contribution < 1.29 is 23.8 Å². The van der Waals surface area contributed by atoms with E-state index in [0.717, 1.165) is 68.3 Å². The van der Waals surface area contributed by atoms with Crippen LogP contribution in [0.1, 0.15) is 40.2 Å². The Morgan fingerprint density at radius 1 is 1.09 bits per heavy atom. The summed E-state index contributed by atoms with van der Waals surface area (Å²) in [5.74, 6) is 1.79. The molecule has 4 aromatic rings. The van der Waals surface area contributed by atoms with Crippen molar-refractivity contribution >= 4 is 22.8 Å². The minimum Gasteiger partial charge on any atom is -0.478 e. The van der Waals surface area contributed by atoms with Crippen molar-refractivity contribution in [2.24, 2.45) is 11.8 Å². The van der Waals surface area contributed by atoms with E-state index in [1.54, 1.807) is 36.4 Å². The number of imidazole rings is 1. The van der Waals surface area contributed by atoms with Gasteiger partial charge in [-0.1, -0.05) is 12.1 Å². The Balaban J connectivity index is 1.00. The SMILES string of the molecule is N#Cc1ccc(COc2cccc(N3CC4CN(Cc5nc6ccc(C(=O)O)cc6n5C[C@@H]5CCCO5)CC4C3)n2)c(F)c1. The van der Waals surface area contributed by atoms with Crippen LogP contribution in [0.25, 0.3) is 11.0 Å². The lowest BCUT2D eigenvalue weighted by atomic mass is 10.0. The lowest BCUT2D eigenvalue weighted by Gasteiger charge is -2.23. The van der Waals surface area contributed by atoms with Crippen molar-refractivity contribution in [3.63, 3.8) is 0 Å². The normalized spacial score (nSPS) is 21.5. The number of pyridine rings is 1. The molecule has 3 aliphatic rings. The third kappa shape index (κ3) is 5.70. The molecule has 0 bridgehead atoms. The maximum absolute atomic E-state index is 14.3. The number of nitrogens with zero attached hydrogens (tertiary/aromatic N) is 6. The number of carboxylic acids is 1. The maximum Gasteiger partial charge on any atom is 0.335 e. The Morgan fingerprint density at radius 3 is 2.66 bits per heavy atom. The molecule has 2 aromatic heterocycles.